The lowest BCUT2D eigenvalue weighted by Crippen LogP contribution is -2.00. The van der Waals surface area contributed by atoms with Crippen molar-refractivity contribution in [3.05, 3.63) is 58.8 Å². The van der Waals surface area contributed by atoms with Crippen LogP contribution in [0.25, 0.3) is 0 Å². The van der Waals surface area contributed by atoms with E-state index in [1.165, 1.54) is 6.07 Å². The van der Waals surface area contributed by atoms with Crippen molar-refractivity contribution < 1.29 is 13.6 Å². The van der Waals surface area contributed by atoms with Gasteiger partial charge in [-0.2, -0.15) is 0 Å². The molecular formula is C13H11FO2. The molecule has 2 nitrogen and oxygen atoms in total. The summed E-state index contributed by atoms with van der Waals surface area (Å²) in [6, 6.07) is 7.71. The van der Waals surface area contributed by atoms with Gasteiger partial charge in [-0.3, -0.25) is 4.79 Å². The first kappa shape index (κ1) is 10.6. The monoisotopic (exact) mass is 218 g/mol. The molecule has 0 radical (unpaired) electrons. The number of carbonyl (C=O) groups is 1. The number of halogens is 1. The van der Waals surface area contributed by atoms with Gasteiger partial charge >= 0.3 is 0 Å². The summed E-state index contributed by atoms with van der Waals surface area (Å²) in [6.07, 6.45) is 0. The zero-order chi connectivity index (χ0) is 11.7. The van der Waals surface area contributed by atoms with Gasteiger partial charge < -0.3 is 4.42 Å². The summed E-state index contributed by atoms with van der Waals surface area (Å²) in [5.41, 5.74) is 0.824. The fourth-order valence-electron chi connectivity index (χ4n) is 1.43. The van der Waals surface area contributed by atoms with Crippen LogP contribution in [0.5, 0.6) is 0 Å². The Morgan fingerprint density at radius 2 is 1.94 bits per heavy atom. The predicted octanol–water partition coefficient (Wildman–Crippen LogP) is 3.27. The van der Waals surface area contributed by atoms with Crippen LogP contribution in [0.4, 0.5) is 4.39 Å². The molecule has 82 valence electrons. The highest BCUT2D eigenvalue weighted by Crippen LogP contribution is 2.15. The normalized spacial score (nSPS) is 10.4. The Morgan fingerprint density at radius 3 is 2.50 bits per heavy atom. The number of ketones is 1. The van der Waals surface area contributed by atoms with E-state index in [1.807, 2.05) is 0 Å². The Morgan fingerprint density at radius 1 is 1.19 bits per heavy atom. The molecule has 0 aliphatic heterocycles. The molecule has 0 atom stereocenters. The zero-order valence-electron chi connectivity index (χ0n) is 9.08. The first-order valence-electron chi connectivity index (χ1n) is 4.95. The molecule has 0 saturated carbocycles. The summed E-state index contributed by atoms with van der Waals surface area (Å²) in [5.74, 6) is 0.220. The summed E-state index contributed by atoms with van der Waals surface area (Å²) < 4.78 is 18.5. The maximum atomic E-state index is 13.3. The topological polar surface area (TPSA) is 30.2 Å². The van der Waals surface area contributed by atoms with Crippen molar-refractivity contribution in [2.45, 2.75) is 13.8 Å². The highest BCUT2D eigenvalue weighted by Gasteiger charge is 2.13. The van der Waals surface area contributed by atoms with E-state index in [1.54, 1.807) is 38.1 Å². The Kier molecular flexibility index (Phi) is 2.60. The molecule has 16 heavy (non-hydrogen) atoms. The molecule has 0 bridgehead atoms. The molecule has 1 heterocycles. The van der Waals surface area contributed by atoms with Crippen LogP contribution in [0.15, 0.2) is 34.7 Å². The quantitative estimate of drug-likeness (QED) is 0.724. The molecule has 1 aromatic heterocycles. The van der Waals surface area contributed by atoms with Crippen molar-refractivity contribution >= 4 is 5.78 Å². The Labute approximate surface area is 92.7 Å². The summed E-state index contributed by atoms with van der Waals surface area (Å²) >= 11 is 0. The van der Waals surface area contributed by atoms with Gasteiger partial charge in [0, 0.05) is 5.56 Å². The predicted molar refractivity (Wildman–Crippen MR) is 58.0 cm³/mol. The molecule has 2 aromatic rings. The second-order valence-corrected chi connectivity index (χ2v) is 3.70. The number of hydrogen-bond donors (Lipinski definition) is 0. The van der Waals surface area contributed by atoms with E-state index in [4.69, 9.17) is 4.42 Å². The summed E-state index contributed by atoms with van der Waals surface area (Å²) in [5, 5.41) is 0. The SMILES string of the molecule is Cc1ccc(C(=O)c2ccc(C)c(F)c2)o1. The third-order valence-corrected chi connectivity index (χ3v) is 2.40. The second-order valence-electron chi connectivity index (χ2n) is 3.70. The van der Waals surface area contributed by atoms with Gasteiger partial charge in [0.25, 0.3) is 0 Å². The van der Waals surface area contributed by atoms with Crippen molar-refractivity contribution in [1.29, 1.82) is 0 Å². The second kappa shape index (κ2) is 3.93. The van der Waals surface area contributed by atoms with Crippen molar-refractivity contribution in [1.82, 2.24) is 0 Å². The van der Waals surface area contributed by atoms with Crippen LogP contribution in [-0.4, -0.2) is 5.78 Å². The van der Waals surface area contributed by atoms with Crippen molar-refractivity contribution in [3.63, 3.8) is 0 Å². The Balaban J connectivity index is 2.38. The fourth-order valence-corrected chi connectivity index (χ4v) is 1.43. The Hall–Kier alpha value is -1.90. The van der Waals surface area contributed by atoms with Gasteiger partial charge in [-0.25, -0.2) is 4.39 Å². The summed E-state index contributed by atoms with van der Waals surface area (Å²) in [7, 11) is 0. The lowest BCUT2D eigenvalue weighted by molar-refractivity contribution is 0.101. The van der Waals surface area contributed by atoms with E-state index in [0.717, 1.165) is 0 Å². The molecule has 2 rings (SSSR count). The highest BCUT2D eigenvalue weighted by molar-refractivity contribution is 6.07. The van der Waals surface area contributed by atoms with Crippen LogP contribution in [0.1, 0.15) is 27.4 Å². The van der Waals surface area contributed by atoms with Crippen molar-refractivity contribution in [2.75, 3.05) is 0 Å². The lowest BCUT2D eigenvalue weighted by atomic mass is 10.1. The maximum Gasteiger partial charge on any atom is 0.228 e. The van der Waals surface area contributed by atoms with Gasteiger partial charge in [0.1, 0.15) is 11.6 Å². The molecule has 0 aliphatic carbocycles. The van der Waals surface area contributed by atoms with E-state index in [2.05, 4.69) is 0 Å². The highest BCUT2D eigenvalue weighted by atomic mass is 19.1. The van der Waals surface area contributed by atoms with E-state index < -0.39 is 0 Å². The number of hydrogen-bond acceptors (Lipinski definition) is 2. The first-order chi connectivity index (χ1) is 7.58. The van der Waals surface area contributed by atoms with Crippen LogP contribution < -0.4 is 0 Å². The van der Waals surface area contributed by atoms with Gasteiger partial charge in [-0.1, -0.05) is 12.1 Å². The van der Waals surface area contributed by atoms with E-state index >= 15 is 0 Å². The molecule has 0 aliphatic rings. The minimum Gasteiger partial charge on any atom is -0.458 e. The van der Waals surface area contributed by atoms with Crippen molar-refractivity contribution in [3.8, 4) is 0 Å². The average Bonchev–Trinajstić information content (AvgIpc) is 2.68. The van der Waals surface area contributed by atoms with Crippen LogP contribution in [0.3, 0.4) is 0 Å². The third kappa shape index (κ3) is 1.89. The van der Waals surface area contributed by atoms with Crippen LogP contribution in [-0.2, 0) is 0 Å². The largest absolute Gasteiger partial charge is 0.458 e. The van der Waals surface area contributed by atoms with Gasteiger partial charge in [-0.15, -0.1) is 0 Å². The number of carbonyl (C=O) groups excluding carboxylic acids is 1. The first-order valence-corrected chi connectivity index (χ1v) is 4.95. The van der Waals surface area contributed by atoms with Crippen LogP contribution >= 0.6 is 0 Å². The molecule has 0 amide bonds. The minimum atomic E-state index is -0.380. The zero-order valence-corrected chi connectivity index (χ0v) is 9.08. The van der Waals surface area contributed by atoms with Gasteiger partial charge in [0.05, 0.1) is 0 Å². The van der Waals surface area contributed by atoms with E-state index in [0.29, 0.717) is 16.9 Å². The summed E-state index contributed by atoms with van der Waals surface area (Å²) in [4.78, 5) is 11.9. The molecule has 1 aromatic carbocycles. The third-order valence-electron chi connectivity index (χ3n) is 2.40. The number of benzene rings is 1. The molecule has 0 saturated heterocycles. The summed E-state index contributed by atoms with van der Waals surface area (Å²) in [6.45, 7) is 3.41. The molecule has 0 fully saturated rings. The molecule has 0 N–H and O–H groups in total. The van der Waals surface area contributed by atoms with Crippen molar-refractivity contribution in [2.24, 2.45) is 0 Å². The van der Waals surface area contributed by atoms with Crippen LogP contribution in [0.2, 0.25) is 0 Å². The average molecular weight is 218 g/mol. The molecule has 0 unspecified atom stereocenters. The smallest absolute Gasteiger partial charge is 0.228 e. The standard InChI is InChI=1S/C13H11FO2/c1-8-3-5-10(7-11(8)14)13(15)12-6-4-9(2)16-12/h3-7H,1-2H3. The van der Waals surface area contributed by atoms with Gasteiger partial charge in [0.2, 0.25) is 5.78 Å². The van der Waals surface area contributed by atoms with Gasteiger partial charge in [0.15, 0.2) is 5.76 Å². The van der Waals surface area contributed by atoms with E-state index in [9.17, 15) is 9.18 Å². The fraction of sp³-hybridized carbons (Fsp3) is 0.154. The minimum absolute atomic E-state index is 0.237. The molecular weight excluding hydrogens is 207 g/mol. The number of furan rings is 1. The molecule has 3 heteroatoms. The Bertz CT molecular complexity index is 541. The number of aryl methyl sites for hydroxylation is 2. The van der Waals surface area contributed by atoms with E-state index in [-0.39, 0.29) is 17.4 Å². The number of rotatable bonds is 2. The maximum absolute atomic E-state index is 13.3. The molecule has 0 spiro atoms. The van der Waals surface area contributed by atoms with Gasteiger partial charge in [-0.05, 0) is 37.6 Å². The lowest BCUT2D eigenvalue weighted by Gasteiger charge is -2.00. The van der Waals surface area contributed by atoms with Crippen LogP contribution in [0, 0.1) is 19.7 Å².